The molecule has 0 spiro atoms. The molecule has 1 fully saturated rings. The molecule has 0 saturated carbocycles. The molecule has 0 aliphatic carbocycles. The van der Waals surface area contributed by atoms with Crippen molar-refractivity contribution in [2.45, 2.75) is 31.9 Å². The Hall–Kier alpha value is -1.69. The zero-order chi connectivity index (χ0) is 14.4. The summed E-state index contributed by atoms with van der Waals surface area (Å²) in [5, 5.41) is 6.17. The molecule has 1 saturated heterocycles. The molecule has 1 atom stereocenters. The molecule has 1 unspecified atom stereocenters. The van der Waals surface area contributed by atoms with Gasteiger partial charge in [0.2, 0.25) is 5.91 Å². The SMILES string of the molecule is O=C(Cc1ccc(OC(F)F)cc1)NCC1CCCN1. The maximum Gasteiger partial charge on any atom is 0.387 e. The molecule has 20 heavy (non-hydrogen) atoms. The van der Waals surface area contributed by atoms with Gasteiger partial charge < -0.3 is 15.4 Å². The normalized spacial score (nSPS) is 18.2. The molecule has 1 aromatic rings. The molecule has 110 valence electrons. The smallest absolute Gasteiger partial charge is 0.387 e. The van der Waals surface area contributed by atoms with E-state index in [-0.39, 0.29) is 18.1 Å². The van der Waals surface area contributed by atoms with Crippen LogP contribution in [0.15, 0.2) is 24.3 Å². The van der Waals surface area contributed by atoms with Crippen LogP contribution in [0.2, 0.25) is 0 Å². The summed E-state index contributed by atoms with van der Waals surface area (Å²) in [6.45, 7) is -1.19. The van der Waals surface area contributed by atoms with Crippen molar-refractivity contribution in [2.75, 3.05) is 13.1 Å². The van der Waals surface area contributed by atoms with E-state index in [1.54, 1.807) is 12.1 Å². The van der Waals surface area contributed by atoms with Gasteiger partial charge in [-0.05, 0) is 37.1 Å². The Morgan fingerprint density at radius 2 is 2.15 bits per heavy atom. The van der Waals surface area contributed by atoms with Crippen LogP contribution >= 0.6 is 0 Å². The van der Waals surface area contributed by atoms with Crippen molar-refractivity contribution in [2.24, 2.45) is 0 Å². The van der Waals surface area contributed by atoms with Crippen molar-refractivity contribution in [1.29, 1.82) is 0 Å². The lowest BCUT2D eigenvalue weighted by Crippen LogP contribution is -2.37. The highest BCUT2D eigenvalue weighted by molar-refractivity contribution is 5.78. The third-order valence-corrected chi connectivity index (χ3v) is 3.22. The zero-order valence-corrected chi connectivity index (χ0v) is 11.1. The fourth-order valence-corrected chi connectivity index (χ4v) is 2.20. The minimum Gasteiger partial charge on any atom is -0.435 e. The number of alkyl halides is 2. The van der Waals surface area contributed by atoms with E-state index in [0.29, 0.717) is 12.6 Å². The van der Waals surface area contributed by atoms with Gasteiger partial charge in [0.1, 0.15) is 5.75 Å². The molecule has 1 amide bonds. The van der Waals surface area contributed by atoms with E-state index < -0.39 is 6.61 Å². The van der Waals surface area contributed by atoms with Gasteiger partial charge in [-0.1, -0.05) is 12.1 Å². The van der Waals surface area contributed by atoms with Crippen LogP contribution in [0.25, 0.3) is 0 Å². The van der Waals surface area contributed by atoms with Crippen LogP contribution < -0.4 is 15.4 Å². The highest BCUT2D eigenvalue weighted by Crippen LogP contribution is 2.15. The van der Waals surface area contributed by atoms with Gasteiger partial charge in [0.05, 0.1) is 6.42 Å². The van der Waals surface area contributed by atoms with Gasteiger partial charge in [-0.2, -0.15) is 8.78 Å². The van der Waals surface area contributed by atoms with Crippen molar-refractivity contribution in [3.63, 3.8) is 0 Å². The Morgan fingerprint density at radius 3 is 2.75 bits per heavy atom. The summed E-state index contributed by atoms with van der Waals surface area (Å²) >= 11 is 0. The number of benzene rings is 1. The Labute approximate surface area is 116 Å². The number of carbonyl (C=O) groups is 1. The average Bonchev–Trinajstić information content (AvgIpc) is 2.91. The monoisotopic (exact) mass is 284 g/mol. The van der Waals surface area contributed by atoms with Crippen molar-refractivity contribution in [1.82, 2.24) is 10.6 Å². The molecule has 1 aromatic carbocycles. The molecule has 6 heteroatoms. The zero-order valence-electron chi connectivity index (χ0n) is 11.1. The van der Waals surface area contributed by atoms with Gasteiger partial charge in [-0.15, -0.1) is 0 Å². The second-order valence-corrected chi connectivity index (χ2v) is 4.80. The van der Waals surface area contributed by atoms with E-state index in [2.05, 4.69) is 15.4 Å². The van der Waals surface area contributed by atoms with Crippen molar-refractivity contribution in [3.05, 3.63) is 29.8 Å². The first-order valence-electron chi connectivity index (χ1n) is 6.67. The lowest BCUT2D eigenvalue weighted by molar-refractivity contribution is -0.120. The largest absolute Gasteiger partial charge is 0.435 e. The third-order valence-electron chi connectivity index (χ3n) is 3.22. The molecule has 2 rings (SSSR count). The Kier molecular flexibility index (Phi) is 5.29. The van der Waals surface area contributed by atoms with Crippen LogP contribution in [-0.2, 0) is 11.2 Å². The number of rotatable bonds is 6. The quantitative estimate of drug-likeness (QED) is 0.836. The number of nitrogens with one attached hydrogen (secondary N) is 2. The number of halogens is 2. The predicted molar refractivity (Wildman–Crippen MR) is 70.8 cm³/mol. The van der Waals surface area contributed by atoms with E-state index in [1.165, 1.54) is 12.1 Å². The van der Waals surface area contributed by atoms with Gasteiger partial charge in [0.15, 0.2) is 0 Å². The molecule has 1 aliphatic rings. The highest BCUT2D eigenvalue weighted by Gasteiger charge is 2.14. The molecular formula is C14H18F2N2O2. The first-order valence-corrected chi connectivity index (χ1v) is 6.67. The Balaban J connectivity index is 1.75. The molecule has 1 heterocycles. The number of ether oxygens (including phenoxy) is 1. The summed E-state index contributed by atoms with van der Waals surface area (Å²) < 4.78 is 28.2. The van der Waals surface area contributed by atoms with Crippen molar-refractivity contribution in [3.8, 4) is 5.75 Å². The predicted octanol–water partition coefficient (Wildman–Crippen LogP) is 1.70. The van der Waals surface area contributed by atoms with Gasteiger partial charge in [0.25, 0.3) is 0 Å². The van der Waals surface area contributed by atoms with E-state index in [1.807, 2.05) is 0 Å². The minimum atomic E-state index is -2.83. The van der Waals surface area contributed by atoms with Crippen molar-refractivity contribution < 1.29 is 18.3 Å². The lowest BCUT2D eigenvalue weighted by Gasteiger charge is -2.11. The van der Waals surface area contributed by atoms with Crippen LogP contribution in [0.5, 0.6) is 5.75 Å². The average molecular weight is 284 g/mol. The minimum absolute atomic E-state index is 0.0683. The van der Waals surface area contributed by atoms with E-state index in [9.17, 15) is 13.6 Å². The van der Waals surface area contributed by atoms with Crippen LogP contribution in [0, 0.1) is 0 Å². The molecule has 2 N–H and O–H groups in total. The number of carbonyl (C=O) groups excluding carboxylic acids is 1. The second kappa shape index (κ2) is 7.19. The first-order chi connectivity index (χ1) is 9.63. The molecule has 4 nitrogen and oxygen atoms in total. The van der Waals surface area contributed by atoms with E-state index in [0.717, 1.165) is 24.9 Å². The topological polar surface area (TPSA) is 50.4 Å². The van der Waals surface area contributed by atoms with Gasteiger partial charge in [0, 0.05) is 12.6 Å². The van der Waals surface area contributed by atoms with Crippen LogP contribution in [-0.4, -0.2) is 31.7 Å². The summed E-state index contributed by atoms with van der Waals surface area (Å²) in [5.41, 5.74) is 0.767. The fraction of sp³-hybridized carbons (Fsp3) is 0.500. The Morgan fingerprint density at radius 1 is 1.40 bits per heavy atom. The summed E-state index contributed by atoms with van der Waals surface area (Å²) in [4.78, 5) is 11.7. The Bertz CT molecular complexity index is 431. The van der Waals surface area contributed by atoms with Crippen LogP contribution in [0.1, 0.15) is 18.4 Å². The summed E-state index contributed by atoms with van der Waals surface area (Å²) in [6, 6.07) is 6.47. The van der Waals surface area contributed by atoms with Crippen molar-refractivity contribution >= 4 is 5.91 Å². The third kappa shape index (κ3) is 4.77. The maximum atomic E-state index is 12.0. The maximum absolute atomic E-state index is 12.0. The first kappa shape index (κ1) is 14.7. The molecule has 0 bridgehead atoms. The summed E-state index contributed by atoms with van der Waals surface area (Å²) in [6.07, 6.45) is 2.47. The standard InChI is InChI=1S/C14H18F2N2O2/c15-14(16)20-12-5-3-10(4-6-12)8-13(19)18-9-11-2-1-7-17-11/h3-6,11,14,17H,1-2,7-9H2,(H,18,19). The van der Waals surface area contributed by atoms with E-state index in [4.69, 9.17) is 0 Å². The molecular weight excluding hydrogens is 266 g/mol. The van der Waals surface area contributed by atoms with Gasteiger partial charge in [-0.25, -0.2) is 0 Å². The summed E-state index contributed by atoms with van der Waals surface area (Å²) in [5.74, 6) is 0.0283. The fourth-order valence-electron chi connectivity index (χ4n) is 2.20. The van der Waals surface area contributed by atoms with Gasteiger partial charge in [-0.3, -0.25) is 4.79 Å². The molecule has 0 aromatic heterocycles. The summed E-state index contributed by atoms with van der Waals surface area (Å²) in [7, 11) is 0. The number of hydrogen-bond donors (Lipinski definition) is 2. The number of hydrogen-bond acceptors (Lipinski definition) is 3. The van der Waals surface area contributed by atoms with Gasteiger partial charge >= 0.3 is 6.61 Å². The van der Waals surface area contributed by atoms with E-state index >= 15 is 0 Å². The molecule has 0 radical (unpaired) electrons. The lowest BCUT2D eigenvalue weighted by atomic mass is 10.1. The number of amides is 1. The second-order valence-electron chi connectivity index (χ2n) is 4.80. The van der Waals surface area contributed by atoms with Crippen LogP contribution in [0.4, 0.5) is 8.78 Å². The molecule has 1 aliphatic heterocycles. The van der Waals surface area contributed by atoms with Crippen LogP contribution in [0.3, 0.4) is 0 Å². The highest BCUT2D eigenvalue weighted by atomic mass is 19.3.